The molecule has 32 heavy (non-hydrogen) atoms. The van der Waals surface area contributed by atoms with Gasteiger partial charge >= 0.3 is 0 Å². The molecule has 1 aliphatic heterocycles. The molecular formula is C24H29N5O3. The van der Waals surface area contributed by atoms with E-state index >= 15 is 0 Å². The van der Waals surface area contributed by atoms with Crippen molar-refractivity contribution < 1.29 is 14.3 Å². The molecule has 8 heteroatoms. The second kappa shape index (κ2) is 8.98. The molecule has 8 nitrogen and oxygen atoms in total. The average Bonchev–Trinajstić information content (AvgIpc) is 2.94. The first-order valence-electron chi connectivity index (χ1n) is 11.0. The molecule has 1 aromatic carbocycles. The third-order valence-corrected chi connectivity index (χ3v) is 5.96. The van der Waals surface area contributed by atoms with Crippen molar-refractivity contribution in [3.8, 4) is 5.75 Å². The van der Waals surface area contributed by atoms with Gasteiger partial charge in [0.25, 0.3) is 11.8 Å². The Morgan fingerprint density at radius 1 is 1.09 bits per heavy atom. The molecule has 2 amide bonds. The van der Waals surface area contributed by atoms with E-state index in [0.717, 1.165) is 54.1 Å². The van der Waals surface area contributed by atoms with Gasteiger partial charge in [-0.2, -0.15) is 0 Å². The first-order valence-corrected chi connectivity index (χ1v) is 11.0. The molecule has 1 atom stereocenters. The number of ether oxygens (including phenoxy) is 1. The normalized spacial score (nSPS) is 14.4. The van der Waals surface area contributed by atoms with Crippen molar-refractivity contribution in [3.63, 3.8) is 0 Å². The first kappa shape index (κ1) is 21.8. The highest BCUT2D eigenvalue weighted by atomic mass is 16.5. The van der Waals surface area contributed by atoms with Crippen molar-refractivity contribution in [3.05, 3.63) is 52.5 Å². The fraction of sp³-hybridized carbons (Fsp3) is 0.417. The highest BCUT2D eigenvalue weighted by Crippen LogP contribution is 2.24. The van der Waals surface area contributed by atoms with E-state index in [0.29, 0.717) is 16.8 Å². The summed E-state index contributed by atoms with van der Waals surface area (Å²) in [6.45, 7) is 8.28. The molecule has 1 unspecified atom stereocenters. The predicted molar refractivity (Wildman–Crippen MR) is 121 cm³/mol. The lowest BCUT2D eigenvalue weighted by atomic mass is 10.1. The summed E-state index contributed by atoms with van der Waals surface area (Å²) in [6.07, 6.45) is 3.42. The van der Waals surface area contributed by atoms with Crippen molar-refractivity contribution in [1.29, 1.82) is 0 Å². The molecule has 0 radical (unpaired) electrons. The van der Waals surface area contributed by atoms with Gasteiger partial charge in [0, 0.05) is 18.7 Å². The Morgan fingerprint density at radius 3 is 2.72 bits per heavy atom. The van der Waals surface area contributed by atoms with E-state index in [1.807, 2.05) is 39.0 Å². The van der Waals surface area contributed by atoms with Gasteiger partial charge in [-0.1, -0.05) is 18.6 Å². The average molecular weight is 436 g/mol. The number of nitrogens with one attached hydrogen (secondary N) is 2. The lowest BCUT2D eigenvalue weighted by Gasteiger charge is -2.17. The van der Waals surface area contributed by atoms with Crippen LogP contribution < -0.4 is 15.6 Å². The molecule has 0 saturated carbocycles. The van der Waals surface area contributed by atoms with Crippen LogP contribution in [0, 0.1) is 20.8 Å². The number of hydrogen-bond acceptors (Lipinski definition) is 5. The smallest absolute Gasteiger partial charge is 0.279 e. The van der Waals surface area contributed by atoms with Crippen molar-refractivity contribution in [2.45, 2.75) is 66.0 Å². The number of pyridine rings is 1. The number of amides is 2. The van der Waals surface area contributed by atoms with E-state index in [4.69, 9.17) is 9.72 Å². The summed E-state index contributed by atoms with van der Waals surface area (Å²) in [6, 6.07) is 7.39. The second-order valence-electron chi connectivity index (χ2n) is 8.38. The van der Waals surface area contributed by atoms with Crippen LogP contribution in [0.5, 0.6) is 5.75 Å². The van der Waals surface area contributed by atoms with Crippen LogP contribution in [0.25, 0.3) is 11.2 Å². The summed E-state index contributed by atoms with van der Waals surface area (Å²) in [5.74, 6) is 0.733. The Balaban J connectivity index is 1.48. The Labute approximate surface area is 187 Å². The van der Waals surface area contributed by atoms with Crippen LogP contribution in [-0.2, 0) is 17.8 Å². The maximum Gasteiger partial charge on any atom is 0.279 e. The monoisotopic (exact) mass is 435 g/mol. The van der Waals surface area contributed by atoms with E-state index < -0.39 is 17.9 Å². The van der Waals surface area contributed by atoms with Crippen LogP contribution in [0.2, 0.25) is 0 Å². The molecule has 1 aliphatic rings. The summed E-state index contributed by atoms with van der Waals surface area (Å²) in [5, 5.41) is 0. The molecule has 4 rings (SSSR count). The molecule has 2 aromatic heterocycles. The van der Waals surface area contributed by atoms with Gasteiger partial charge in [-0.3, -0.25) is 20.4 Å². The van der Waals surface area contributed by atoms with Crippen molar-refractivity contribution in [1.82, 2.24) is 25.4 Å². The number of fused-ring (bicyclic) bond motifs is 3. The van der Waals surface area contributed by atoms with Crippen LogP contribution in [0.1, 0.15) is 59.2 Å². The summed E-state index contributed by atoms with van der Waals surface area (Å²) < 4.78 is 7.91. The zero-order valence-corrected chi connectivity index (χ0v) is 19.0. The number of aromatic nitrogens is 3. The molecule has 0 aliphatic carbocycles. The Kier molecular flexibility index (Phi) is 6.12. The number of carbonyl (C=O) groups excluding carboxylic acids is 2. The highest BCUT2D eigenvalue weighted by Gasteiger charge is 2.22. The van der Waals surface area contributed by atoms with Crippen LogP contribution in [0.4, 0.5) is 0 Å². The third kappa shape index (κ3) is 4.30. The van der Waals surface area contributed by atoms with Gasteiger partial charge in [0.1, 0.15) is 17.1 Å². The zero-order chi connectivity index (χ0) is 22.8. The SMILES string of the molecule is Cc1cc(C(=O)NNC(=O)C(C)Oc2cccc(C)c2C)c2nc3n(c2n1)CCCCC3. The molecular weight excluding hydrogens is 406 g/mol. The highest BCUT2D eigenvalue weighted by molar-refractivity contribution is 6.05. The second-order valence-corrected chi connectivity index (χ2v) is 8.38. The largest absolute Gasteiger partial charge is 0.481 e. The lowest BCUT2D eigenvalue weighted by molar-refractivity contribution is -0.128. The van der Waals surface area contributed by atoms with Crippen molar-refractivity contribution in [2.24, 2.45) is 0 Å². The molecule has 3 heterocycles. The van der Waals surface area contributed by atoms with Gasteiger partial charge in [0.15, 0.2) is 11.8 Å². The number of carbonyl (C=O) groups is 2. The Bertz CT molecular complexity index is 1180. The Hall–Kier alpha value is -3.42. The number of benzene rings is 1. The van der Waals surface area contributed by atoms with Crippen LogP contribution in [-0.4, -0.2) is 32.5 Å². The van der Waals surface area contributed by atoms with E-state index in [2.05, 4.69) is 20.4 Å². The fourth-order valence-electron chi connectivity index (χ4n) is 3.97. The first-order chi connectivity index (χ1) is 15.3. The van der Waals surface area contributed by atoms with E-state index in [1.54, 1.807) is 13.0 Å². The quantitative estimate of drug-likeness (QED) is 0.613. The summed E-state index contributed by atoms with van der Waals surface area (Å²) in [5.41, 5.74) is 9.46. The lowest BCUT2D eigenvalue weighted by Crippen LogP contribution is -2.47. The maximum atomic E-state index is 12.9. The molecule has 0 spiro atoms. The number of aryl methyl sites for hydroxylation is 4. The molecule has 3 aromatic rings. The number of imidazole rings is 1. The van der Waals surface area contributed by atoms with Gasteiger partial charge < -0.3 is 9.30 Å². The molecule has 168 valence electrons. The maximum absolute atomic E-state index is 12.9. The molecule has 0 fully saturated rings. The minimum Gasteiger partial charge on any atom is -0.481 e. The molecule has 0 saturated heterocycles. The van der Waals surface area contributed by atoms with Crippen molar-refractivity contribution in [2.75, 3.05) is 0 Å². The summed E-state index contributed by atoms with van der Waals surface area (Å²) in [7, 11) is 0. The fourth-order valence-corrected chi connectivity index (χ4v) is 3.97. The molecule has 2 N–H and O–H groups in total. The van der Waals surface area contributed by atoms with Crippen LogP contribution in [0.3, 0.4) is 0 Å². The minimum absolute atomic E-state index is 0.400. The van der Waals surface area contributed by atoms with Crippen LogP contribution >= 0.6 is 0 Å². The predicted octanol–water partition coefficient (Wildman–Crippen LogP) is 3.31. The topological polar surface area (TPSA) is 98.1 Å². The van der Waals surface area contributed by atoms with E-state index in [9.17, 15) is 9.59 Å². The number of hydrogen-bond donors (Lipinski definition) is 2. The summed E-state index contributed by atoms with van der Waals surface area (Å²) in [4.78, 5) is 34.8. The standard InChI is InChI=1S/C24H29N5O3/c1-14-9-8-10-19(16(14)3)32-17(4)23(30)27-28-24(31)18-13-15(2)25-22-21(18)26-20-11-6-5-7-12-29(20)22/h8-10,13,17H,5-7,11-12H2,1-4H3,(H,27,30)(H,28,31). The Morgan fingerprint density at radius 2 is 1.91 bits per heavy atom. The van der Waals surface area contributed by atoms with Crippen molar-refractivity contribution >= 4 is 23.0 Å². The number of nitrogens with zero attached hydrogens (tertiary/aromatic N) is 3. The number of rotatable bonds is 4. The van der Waals surface area contributed by atoms with E-state index in [1.165, 1.54) is 6.42 Å². The zero-order valence-electron chi connectivity index (χ0n) is 19.0. The van der Waals surface area contributed by atoms with E-state index in [-0.39, 0.29) is 0 Å². The number of hydrazine groups is 1. The van der Waals surface area contributed by atoms with Gasteiger partial charge in [0.2, 0.25) is 0 Å². The minimum atomic E-state index is -0.779. The van der Waals surface area contributed by atoms with Gasteiger partial charge in [0.05, 0.1) is 5.56 Å². The molecule has 0 bridgehead atoms. The van der Waals surface area contributed by atoms with Crippen LogP contribution in [0.15, 0.2) is 24.3 Å². The van der Waals surface area contributed by atoms with Gasteiger partial charge in [-0.15, -0.1) is 0 Å². The van der Waals surface area contributed by atoms with Gasteiger partial charge in [-0.25, -0.2) is 9.97 Å². The summed E-state index contributed by atoms with van der Waals surface area (Å²) >= 11 is 0. The third-order valence-electron chi connectivity index (χ3n) is 5.96. The van der Waals surface area contributed by atoms with Gasteiger partial charge in [-0.05, 0) is 63.8 Å².